The van der Waals surface area contributed by atoms with Crippen LogP contribution in [0.25, 0.3) is 22.2 Å². The van der Waals surface area contributed by atoms with Crippen LogP contribution >= 0.6 is 27.5 Å². The van der Waals surface area contributed by atoms with Gasteiger partial charge in [0.15, 0.2) is 0 Å². The molecule has 0 saturated heterocycles. The smallest absolute Gasteiger partial charge is 0.132 e. The molecule has 0 atom stereocenters. The number of aromatic nitrogens is 2. The fourth-order valence-electron chi connectivity index (χ4n) is 2.25. The molecule has 3 rings (SSSR count). The number of H-pyrrole nitrogens is 1. The molecule has 0 fully saturated rings. The van der Waals surface area contributed by atoms with Gasteiger partial charge in [-0.15, -0.1) is 11.6 Å². The van der Waals surface area contributed by atoms with E-state index >= 15 is 0 Å². The van der Waals surface area contributed by atoms with E-state index in [-0.39, 0.29) is 5.82 Å². The third-order valence-corrected chi connectivity index (χ3v) is 3.79. The summed E-state index contributed by atoms with van der Waals surface area (Å²) in [5.41, 5.74) is 3.46. The summed E-state index contributed by atoms with van der Waals surface area (Å²) >= 11 is 9.24. The van der Waals surface area contributed by atoms with Gasteiger partial charge in [0.2, 0.25) is 0 Å². The first-order chi connectivity index (χ1) is 9.69. The number of nitrogens with one attached hydrogen (secondary N) is 1. The van der Waals surface area contributed by atoms with Gasteiger partial charge in [0.25, 0.3) is 0 Å². The van der Waals surface area contributed by atoms with Crippen molar-refractivity contribution in [3.8, 4) is 11.3 Å². The van der Waals surface area contributed by atoms with Crippen molar-refractivity contribution >= 4 is 38.4 Å². The van der Waals surface area contributed by atoms with Crippen molar-refractivity contribution in [1.82, 2.24) is 9.97 Å². The monoisotopic (exact) mass is 352 g/mol. The number of fused-ring (bicyclic) bond motifs is 1. The number of aromatic amines is 1. The minimum atomic E-state index is -0.230. The molecule has 2 heterocycles. The molecule has 0 amide bonds. The lowest BCUT2D eigenvalue weighted by molar-refractivity contribution is 0.640. The molecule has 0 bridgehead atoms. The summed E-state index contributed by atoms with van der Waals surface area (Å²) in [5.74, 6) is 0.266. The second-order valence-corrected chi connectivity index (χ2v) is 5.76. The quantitative estimate of drug-likeness (QED) is 0.666. The van der Waals surface area contributed by atoms with E-state index in [2.05, 4.69) is 25.9 Å². The molecule has 0 radical (unpaired) electrons. The molecule has 2 nitrogen and oxygen atoms in total. The molecular weight excluding hydrogens is 343 g/mol. The van der Waals surface area contributed by atoms with Gasteiger partial charge in [-0.3, -0.25) is 4.98 Å². The molecule has 3 aromatic rings. The van der Waals surface area contributed by atoms with Crippen molar-refractivity contribution < 1.29 is 4.39 Å². The minimum absolute atomic E-state index is 0.230. The Balaban J connectivity index is 2.19. The van der Waals surface area contributed by atoms with Crippen LogP contribution in [0.2, 0.25) is 0 Å². The summed E-state index contributed by atoms with van der Waals surface area (Å²) in [6, 6.07) is 8.79. The lowest BCUT2D eigenvalue weighted by atomic mass is 10.1. The third-order valence-electron chi connectivity index (χ3n) is 3.17. The number of pyridine rings is 1. The first-order valence-corrected chi connectivity index (χ1v) is 7.50. The van der Waals surface area contributed by atoms with E-state index in [1.165, 1.54) is 6.07 Å². The molecule has 0 aliphatic heterocycles. The zero-order valence-electron chi connectivity index (χ0n) is 10.5. The number of nitrogens with zero attached hydrogens (tertiary/aromatic N) is 1. The highest BCUT2D eigenvalue weighted by Gasteiger charge is 2.11. The number of rotatable bonds is 3. The average molecular weight is 354 g/mol. The van der Waals surface area contributed by atoms with Crippen LogP contribution in [0.4, 0.5) is 4.39 Å². The zero-order valence-corrected chi connectivity index (χ0v) is 12.8. The molecule has 1 N–H and O–H groups in total. The number of alkyl halides is 1. The van der Waals surface area contributed by atoms with Crippen LogP contribution in [0.5, 0.6) is 0 Å². The van der Waals surface area contributed by atoms with Crippen molar-refractivity contribution in [3.63, 3.8) is 0 Å². The summed E-state index contributed by atoms with van der Waals surface area (Å²) in [7, 11) is 0. The van der Waals surface area contributed by atoms with Crippen LogP contribution < -0.4 is 0 Å². The van der Waals surface area contributed by atoms with Crippen molar-refractivity contribution in [2.75, 3.05) is 5.88 Å². The number of halogens is 3. The molecule has 20 heavy (non-hydrogen) atoms. The van der Waals surface area contributed by atoms with Gasteiger partial charge in [0.1, 0.15) is 5.82 Å². The van der Waals surface area contributed by atoms with Gasteiger partial charge in [-0.25, -0.2) is 4.39 Å². The van der Waals surface area contributed by atoms with Gasteiger partial charge in [0, 0.05) is 45.1 Å². The number of hydrogen-bond donors (Lipinski definition) is 1. The Hall–Kier alpha value is -1.39. The minimum Gasteiger partial charge on any atom is -0.354 e. The van der Waals surface area contributed by atoms with Crippen molar-refractivity contribution in [2.45, 2.75) is 6.42 Å². The molecule has 1 aromatic carbocycles. The second-order valence-electron chi connectivity index (χ2n) is 4.47. The maximum atomic E-state index is 13.8. The molecule has 5 heteroatoms. The molecule has 2 aromatic heterocycles. The summed E-state index contributed by atoms with van der Waals surface area (Å²) in [5, 5.41) is 0.583. The van der Waals surface area contributed by atoms with Crippen molar-refractivity contribution in [1.29, 1.82) is 0 Å². The van der Waals surface area contributed by atoms with Crippen molar-refractivity contribution in [2.24, 2.45) is 0 Å². The number of aryl methyl sites for hydroxylation is 1. The van der Waals surface area contributed by atoms with Crippen molar-refractivity contribution in [3.05, 3.63) is 52.5 Å². The molecule has 0 spiro atoms. The van der Waals surface area contributed by atoms with E-state index in [0.29, 0.717) is 17.7 Å². The van der Waals surface area contributed by atoms with Gasteiger partial charge in [0.05, 0.1) is 5.69 Å². The Bertz CT molecular complexity index is 770. The Morgan fingerprint density at radius 1 is 1.30 bits per heavy atom. The van der Waals surface area contributed by atoms with Gasteiger partial charge in [-0.2, -0.15) is 0 Å². The normalized spacial score (nSPS) is 11.2. The van der Waals surface area contributed by atoms with Crippen LogP contribution in [0.15, 0.2) is 41.0 Å². The largest absolute Gasteiger partial charge is 0.354 e. The Morgan fingerprint density at radius 3 is 2.90 bits per heavy atom. The second kappa shape index (κ2) is 5.54. The summed E-state index contributed by atoms with van der Waals surface area (Å²) in [6.07, 6.45) is 2.41. The first-order valence-electron chi connectivity index (χ1n) is 6.17. The van der Waals surface area contributed by atoms with E-state index in [0.717, 1.165) is 26.9 Å². The van der Waals surface area contributed by atoms with Gasteiger partial charge in [-0.1, -0.05) is 6.07 Å². The van der Waals surface area contributed by atoms with E-state index in [1.54, 1.807) is 12.3 Å². The Kier molecular flexibility index (Phi) is 3.76. The van der Waals surface area contributed by atoms with Crippen LogP contribution in [-0.4, -0.2) is 15.8 Å². The van der Waals surface area contributed by atoms with Crippen LogP contribution in [0.1, 0.15) is 5.69 Å². The maximum Gasteiger partial charge on any atom is 0.132 e. The number of hydrogen-bond acceptors (Lipinski definition) is 1. The zero-order chi connectivity index (χ0) is 14.1. The lowest BCUT2D eigenvalue weighted by Gasteiger charge is -2.06. The molecule has 0 aliphatic rings. The number of benzene rings is 1. The third kappa shape index (κ3) is 2.45. The highest BCUT2D eigenvalue weighted by molar-refractivity contribution is 9.10. The summed E-state index contributed by atoms with van der Waals surface area (Å²) in [6.45, 7) is 0. The average Bonchev–Trinajstić information content (AvgIpc) is 2.86. The predicted octanol–water partition coefficient (Wildman–Crippen LogP) is 4.91. The molecule has 0 aliphatic carbocycles. The standard InChI is InChI=1S/C15H11BrClFN2/c16-9-6-11(13(4-5-17)19-8-9)15-7-10-12(18)2-1-3-14(10)20-15/h1-3,6-8,20H,4-5H2. The fraction of sp³-hybridized carbons (Fsp3) is 0.133. The molecular formula is C15H11BrClFN2. The lowest BCUT2D eigenvalue weighted by Crippen LogP contribution is -1.95. The van der Waals surface area contributed by atoms with Gasteiger partial charge >= 0.3 is 0 Å². The van der Waals surface area contributed by atoms with E-state index in [9.17, 15) is 4.39 Å². The van der Waals surface area contributed by atoms with E-state index in [4.69, 9.17) is 11.6 Å². The Morgan fingerprint density at radius 2 is 2.15 bits per heavy atom. The fourth-order valence-corrected chi connectivity index (χ4v) is 2.76. The van der Waals surface area contributed by atoms with Crippen LogP contribution in [0, 0.1) is 5.82 Å². The topological polar surface area (TPSA) is 28.7 Å². The highest BCUT2D eigenvalue weighted by Crippen LogP contribution is 2.29. The van der Waals surface area contributed by atoms with Gasteiger partial charge in [-0.05, 0) is 40.2 Å². The van der Waals surface area contributed by atoms with Crippen LogP contribution in [-0.2, 0) is 6.42 Å². The first kappa shape index (κ1) is 13.6. The SMILES string of the molecule is Fc1cccc2[nH]c(-c3cc(Br)cnc3CCCl)cc12. The summed E-state index contributed by atoms with van der Waals surface area (Å²) < 4.78 is 14.7. The molecule has 102 valence electrons. The molecule has 0 saturated carbocycles. The maximum absolute atomic E-state index is 13.8. The summed E-state index contributed by atoms with van der Waals surface area (Å²) in [4.78, 5) is 7.63. The predicted molar refractivity (Wildman–Crippen MR) is 83.6 cm³/mol. The van der Waals surface area contributed by atoms with E-state index in [1.807, 2.05) is 18.2 Å². The van der Waals surface area contributed by atoms with E-state index < -0.39 is 0 Å². The van der Waals surface area contributed by atoms with Crippen LogP contribution in [0.3, 0.4) is 0 Å². The molecule has 0 unspecified atom stereocenters. The van der Waals surface area contributed by atoms with Gasteiger partial charge < -0.3 is 4.98 Å². The highest BCUT2D eigenvalue weighted by atomic mass is 79.9. The Labute approximate surface area is 129 Å².